The van der Waals surface area contributed by atoms with Gasteiger partial charge in [-0.3, -0.25) is 4.79 Å². The van der Waals surface area contributed by atoms with E-state index in [1.54, 1.807) is 6.92 Å². The molecule has 4 unspecified atom stereocenters. The number of ether oxygens (including phenoxy) is 2. The van der Waals surface area contributed by atoms with Gasteiger partial charge in [0.15, 0.2) is 6.29 Å². The van der Waals surface area contributed by atoms with Crippen LogP contribution >= 0.6 is 0 Å². The largest absolute Gasteiger partial charge is 0.394 e. The third-order valence-corrected chi connectivity index (χ3v) is 2.94. The van der Waals surface area contributed by atoms with Gasteiger partial charge in [0.25, 0.3) is 0 Å². The second-order valence-electron chi connectivity index (χ2n) is 4.69. The van der Waals surface area contributed by atoms with Crippen molar-refractivity contribution in [3.8, 4) is 0 Å². The van der Waals surface area contributed by atoms with Gasteiger partial charge in [-0.2, -0.15) is 0 Å². The Balaban J connectivity index is 2.65. The first-order valence-corrected chi connectivity index (χ1v) is 6.09. The van der Waals surface area contributed by atoms with Gasteiger partial charge in [0.05, 0.1) is 25.2 Å². The highest BCUT2D eigenvalue weighted by atomic mass is 16.7. The van der Waals surface area contributed by atoms with Gasteiger partial charge in [-0.1, -0.05) is 0 Å². The number of primary amides is 1. The van der Waals surface area contributed by atoms with E-state index in [0.29, 0.717) is 0 Å². The molecule has 1 heterocycles. The molecule has 6 atom stereocenters. The highest BCUT2D eigenvalue weighted by molar-refractivity contribution is 5.74. The molecule has 1 aliphatic heterocycles. The summed E-state index contributed by atoms with van der Waals surface area (Å²) in [6.07, 6.45) is -6.77. The average Bonchev–Trinajstić information content (AvgIpc) is 2.40. The zero-order valence-corrected chi connectivity index (χ0v) is 10.7. The van der Waals surface area contributed by atoms with Crippen LogP contribution in [0.15, 0.2) is 0 Å². The van der Waals surface area contributed by atoms with Crippen LogP contribution in [0.4, 0.5) is 0 Å². The van der Waals surface area contributed by atoms with Crippen molar-refractivity contribution in [3.05, 3.63) is 0 Å². The van der Waals surface area contributed by atoms with Gasteiger partial charge >= 0.3 is 0 Å². The summed E-state index contributed by atoms with van der Waals surface area (Å²) in [6, 6.07) is 0. The van der Waals surface area contributed by atoms with E-state index in [2.05, 4.69) is 0 Å². The molecule has 0 saturated carbocycles. The molecule has 1 saturated heterocycles. The van der Waals surface area contributed by atoms with E-state index in [1.807, 2.05) is 0 Å². The lowest BCUT2D eigenvalue weighted by atomic mass is 10.0. The molecule has 8 heteroatoms. The van der Waals surface area contributed by atoms with E-state index < -0.39 is 49.3 Å². The molecule has 0 spiro atoms. The van der Waals surface area contributed by atoms with Crippen LogP contribution < -0.4 is 5.73 Å². The Morgan fingerprint density at radius 1 is 1.42 bits per heavy atom. The summed E-state index contributed by atoms with van der Waals surface area (Å²) in [5.74, 6) is -0.541. The Morgan fingerprint density at radius 2 is 2.05 bits per heavy atom. The lowest BCUT2D eigenvalue weighted by Crippen LogP contribution is -2.44. The second kappa shape index (κ2) is 7.13. The van der Waals surface area contributed by atoms with Crippen molar-refractivity contribution >= 4 is 5.91 Å². The van der Waals surface area contributed by atoms with Gasteiger partial charge in [0.1, 0.15) is 18.3 Å². The van der Waals surface area contributed by atoms with Crippen LogP contribution in [0.5, 0.6) is 0 Å². The molecule has 6 N–H and O–H groups in total. The Bertz CT molecular complexity index is 301. The summed E-state index contributed by atoms with van der Waals surface area (Å²) in [7, 11) is 0. The smallest absolute Gasteiger partial charge is 0.220 e. The Hall–Kier alpha value is -0.770. The zero-order valence-electron chi connectivity index (χ0n) is 10.7. The first kappa shape index (κ1) is 16.3. The van der Waals surface area contributed by atoms with Crippen molar-refractivity contribution < 1.29 is 34.7 Å². The minimum atomic E-state index is -1.43. The molecule has 0 aliphatic carbocycles. The average molecular weight is 279 g/mol. The molecule has 1 rings (SSSR count). The van der Waals surface area contributed by atoms with Gasteiger partial charge in [-0.25, -0.2) is 0 Å². The van der Waals surface area contributed by atoms with Crippen LogP contribution in [0.25, 0.3) is 0 Å². The Kier molecular flexibility index (Phi) is 6.11. The molecule has 19 heavy (non-hydrogen) atoms. The van der Waals surface area contributed by atoms with Gasteiger partial charge in [0, 0.05) is 6.42 Å². The maximum Gasteiger partial charge on any atom is 0.220 e. The Labute approximate surface area is 110 Å². The maximum absolute atomic E-state index is 10.7. The van der Waals surface area contributed by atoms with Crippen molar-refractivity contribution in [1.29, 1.82) is 0 Å². The van der Waals surface area contributed by atoms with Crippen molar-refractivity contribution in [3.63, 3.8) is 0 Å². The third kappa shape index (κ3) is 4.68. The maximum atomic E-state index is 10.7. The molecule has 1 fully saturated rings. The van der Waals surface area contributed by atoms with Crippen LogP contribution in [0.2, 0.25) is 0 Å². The topological polar surface area (TPSA) is 142 Å². The number of hydrogen-bond acceptors (Lipinski definition) is 7. The summed E-state index contributed by atoms with van der Waals surface area (Å²) >= 11 is 0. The fourth-order valence-corrected chi connectivity index (χ4v) is 1.94. The number of hydrogen-bond donors (Lipinski definition) is 5. The summed E-state index contributed by atoms with van der Waals surface area (Å²) in [5.41, 5.74) is 5.03. The number of carbonyl (C=O) groups excluding carboxylic acids is 1. The monoisotopic (exact) mass is 279 g/mol. The molecule has 112 valence electrons. The first-order valence-electron chi connectivity index (χ1n) is 6.09. The second-order valence-corrected chi connectivity index (χ2v) is 4.69. The van der Waals surface area contributed by atoms with Crippen LogP contribution in [-0.2, 0) is 14.3 Å². The van der Waals surface area contributed by atoms with Gasteiger partial charge in [-0.05, 0) is 6.92 Å². The van der Waals surface area contributed by atoms with Gasteiger partial charge in [-0.15, -0.1) is 0 Å². The number of aliphatic hydroxyl groups is 4. The van der Waals surface area contributed by atoms with E-state index in [-0.39, 0.29) is 12.8 Å². The zero-order chi connectivity index (χ0) is 14.6. The molecule has 0 bridgehead atoms. The molecule has 0 radical (unpaired) electrons. The SMILES string of the molecule is CC(CC(N)=O)O[C@H]1CC(O)C(O)[C@H](O)C(CO)O1. The fourth-order valence-electron chi connectivity index (χ4n) is 1.94. The number of aliphatic hydroxyl groups excluding tert-OH is 4. The predicted molar refractivity (Wildman–Crippen MR) is 62.7 cm³/mol. The molecule has 0 aromatic carbocycles. The van der Waals surface area contributed by atoms with E-state index >= 15 is 0 Å². The lowest BCUT2D eigenvalue weighted by Gasteiger charge is -2.25. The quantitative estimate of drug-likeness (QED) is 0.373. The molecule has 0 aromatic heterocycles. The van der Waals surface area contributed by atoms with E-state index in [0.717, 1.165) is 0 Å². The van der Waals surface area contributed by atoms with Crippen LogP contribution in [0.1, 0.15) is 19.8 Å². The van der Waals surface area contributed by atoms with Crippen LogP contribution in [-0.4, -0.2) is 69.8 Å². The van der Waals surface area contributed by atoms with Gasteiger partial charge < -0.3 is 35.6 Å². The normalized spacial score (nSPS) is 37.6. The minimum absolute atomic E-state index is 0.0230. The highest BCUT2D eigenvalue weighted by Gasteiger charge is 2.39. The number of amides is 1. The van der Waals surface area contributed by atoms with Crippen LogP contribution in [0.3, 0.4) is 0 Å². The molecular weight excluding hydrogens is 258 g/mol. The van der Waals surface area contributed by atoms with Crippen molar-refractivity contribution in [2.45, 2.75) is 56.6 Å². The molecule has 8 nitrogen and oxygen atoms in total. The minimum Gasteiger partial charge on any atom is -0.394 e. The van der Waals surface area contributed by atoms with Crippen molar-refractivity contribution in [2.75, 3.05) is 6.61 Å². The van der Waals surface area contributed by atoms with Crippen molar-refractivity contribution in [2.24, 2.45) is 5.73 Å². The molecule has 1 aliphatic rings. The van der Waals surface area contributed by atoms with Crippen molar-refractivity contribution in [1.82, 2.24) is 0 Å². The third-order valence-electron chi connectivity index (χ3n) is 2.94. The molecule has 0 aromatic rings. The predicted octanol–water partition coefficient (Wildman–Crippen LogP) is -2.54. The summed E-state index contributed by atoms with van der Waals surface area (Å²) in [6.45, 7) is 1.07. The first-order chi connectivity index (χ1) is 8.85. The summed E-state index contributed by atoms with van der Waals surface area (Å²) in [5, 5.41) is 38.0. The highest BCUT2D eigenvalue weighted by Crippen LogP contribution is 2.22. The molecule has 1 amide bonds. The summed E-state index contributed by atoms with van der Waals surface area (Å²) < 4.78 is 10.6. The number of rotatable bonds is 5. The van der Waals surface area contributed by atoms with E-state index in [9.17, 15) is 20.1 Å². The standard InChI is InChI=1S/C11H21NO7/c1-5(2-8(12)15)18-9-3-6(14)10(16)11(17)7(4-13)19-9/h5-7,9-11,13-14,16-17H,2-4H2,1H3,(H2,12,15)/t5?,6?,7?,9-,10?,11-/m1/s1. The van der Waals surface area contributed by atoms with E-state index in [4.69, 9.17) is 20.3 Å². The van der Waals surface area contributed by atoms with Crippen LogP contribution in [0, 0.1) is 0 Å². The van der Waals surface area contributed by atoms with E-state index in [1.165, 1.54) is 0 Å². The number of nitrogens with two attached hydrogens (primary N) is 1. The fraction of sp³-hybridized carbons (Fsp3) is 0.909. The summed E-state index contributed by atoms with van der Waals surface area (Å²) in [4.78, 5) is 10.7. The van der Waals surface area contributed by atoms with Gasteiger partial charge in [0.2, 0.25) is 5.91 Å². The lowest BCUT2D eigenvalue weighted by molar-refractivity contribution is -0.213. The molecular formula is C11H21NO7. The number of carbonyl (C=O) groups is 1. The Morgan fingerprint density at radius 3 is 2.58 bits per heavy atom.